The molecule has 1 aliphatic heterocycles. The van der Waals surface area contributed by atoms with Crippen LogP contribution in [0.2, 0.25) is 0 Å². The van der Waals surface area contributed by atoms with Crippen molar-refractivity contribution in [1.82, 2.24) is 9.97 Å². The minimum absolute atomic E-state index is 0.648. The molecule has 10 heavy (non-hydrogen) atoms. The number of aromatic nitrogens is 2. The van der Waals surface area contributed by atoms with Crippen LogP contribution in [0.5, 0.6) is 0 Å². The van der Waals surface area contributed by atoms with E-state index < -0.39 is 0 Å². The lowest BCUT2D eigenvalue weighted by Crippen LogP contribution is -1.97. The summed E-state index contributed by atoms with van der Waals surface area (Å²) in [7, 11) is 0. The summed E-state index contributed by atoms with van der Waals surface area (Å²) in [5.41, 5.74) is 6.74. The Bertz CT molecular complexity index is 261. The summed E-state index contributed by atoms with van der Waals surface area (Å²) in [6.07, 6.45) is 2.54. The second kappa shape index (κ2) is 2.12. The van der Waals surface area contributed by atoms with Crippen molar-refractivity contribution >= 4 is 17.6 Å². The van der Waals surface area contributed by atoms with Crippen molar-refractivity contribution in [2.75, 3.05) is 11.5 Å². The van der Waals surface area contributed by atoms with Crippen molar-refractivity contribution < 1.29 is 0 Å². The second-order valence-electron chi connectivity index (χ2n) is 2.14. The van der Waals surface area contributed by atoms with Crippen LogP contribution < -0.4 is 5.73 Å². The molecule has 0 atom stereocenters. The largest absolute Gasteiger partial charge is 0.383 e. The Kier molecular flexibility index (Phi) is 1.27. The van der Waals surface area contributed by atoms with Crippen molar-refractivity contribution in [3.8, 4) is 0 Å². The number of nitrogen functional groups attached to an aromatic ring is 1. The molecule has 0 amide bonds. The first-order valence-electron chi connectivity index (χ1n) is 3.10. The Morgan fingerprint density at radius 3 is 3.20 bits per heavy atom. The smallest absolute Gasteiger partial charge is 0.131 e. The van der Waals surface area contributed by atoms with Gasteiger partial charge in [-0.3, -0.25) is 0 Å². The maximum absolute atomic E-state index is 5.61. The van der Waals surface area contributed by atoms with Gasteiger partial charge >= 0.3 is 0 Å². The Morgan fingerprint density at radius 2 is 2.40 bits per heavy atom. The third-order valence-electron chi connectivity index (χ3n) is 1.53. The predicted molar refractivity (Wildman–Crippen MR) is 40.9 cm³/mol. The van der Waals surface area contributed by atoms with Crippen molar-refractivity contribution in [2.24, 2.45) is 0 Å². The number of hydrogen-bond donors (Lipinski definition) is 1. The fourth-order valence-electron chi connectivity index (χ4n) is 1.02. The summed E-state index contributed by atoms with van der Waals surface area (Å²) in [4.78, 5) is 8.00. The maximum Gasteiger partial charge on any atom is 0.131 e. The zero-order valence-corrected chi connectivity index (χ0v) is 6.19. The van der Waals surface area contributed by atoms with E-state index in [2.05, 4.69) is 9.97 Å². The van der Waals surface area contributed by atoms with Crippen LogP contribution in [0.3, 0.4) is 0 Å². The molecule has 3 nitrogen and oxygen atoms in total. The third-order valence-corrected chi connectivity index (χ3v) is 2.56. The average molecular weight is 153 g/mol. The molecule has 0 aromatic carbocycles. The van der Waals surface area contributed by atoms with Gasteiger partial charge in [0.05, 0.1) is 0 Å². The molecular formula is C6H7N3S. The molecule has 0 spiro atoms. The summed E-state index contributed by atoms with van der Waals surface area (Å²) in [6.45, 7) is 0. The fraction of sp³-hybridized carbons (Fsp3) is 0.333. The van der Waals surface area contributed by atoms with Crippen LogP contribution >= 0.6 is 11.8 Å². The minimum Gasteiger partial charge on any atom is -0.383 e. The lowest BCUT2D eigenvalue weighted by molar-refractivity contribution is 0.992. The minimum atomic E-state index is 0.648. The highest BCUT2D eigenvalue weighted by Crippen LogP contribution is 2.30. The Labute approximate surface area is 63.1 Å². The van der Waals surface area contributed by atoms with Crippen LogP contribution in [0.15, 0.2) is 11.4 Å². The van der Waals surface area contributed by atoms with E-state index in [1.807, 2.05) is 0 Å². The SMILES string of the molecule is Nc1ncnc2c1CCS2. The molecule has 52 valence electrons. The van der Waals surface area contributed by atoms with Crippen LogP contribution in [0.1, 0.15) is 5.56 Å². The van der Waals surface area contributed by atoms with E-state index in [9.17, 15) is 0 Å². The van der Waals surface area contributed by atoms with E-state index in [1.54, 1.807) is 11.8 Å². The topological polar surface area (TPSA) is 51.8 Å². The van der Waals surface area contributed by atoms with Crippen molar-refractivity contribution in [3.63, 3.8) is 0 Å². The Morgan fingerprint density at radius 1 is 1.50 bits per heavy atom. The number of anilines is 1. The van der Waals surface area contributed by atoms with Gasteiger partial charge < -0.3 is 5.73 Å². The monoisotopic (exact) mass is 153 g/mol. The molecule has 0 saturated carbocycles. The van der Waals surface area contributed by atoms with Crippen LogP contribution in [0.4, 0.5) is 5.82 Å². The molecule has 0 unspecified atom stereocenters. The Balaban J connectivity index is 2.59. The highest BCUT2D eigenvalue weighted by Gasteiger charge is 2.15. The lowest BCUT2D eigenvalue weighted by atomic mass is 10.2. The first-order valence-corrected chi connectivity index (χ1v) is 4.08. The van der Waals surface area contributed by atoms with Crippen molar-refractivity contribution in [1.29, 1.82) is 0 Å². The van der Waals surface area contributed by atoms with Gasteiger partial charge in [0.15, 0.2) is 0 Å². The highest BCUT2D eigenvalue weighted by atomic mass is 32.2. The van der Waals surface area contributed by atoms with Crippen molar-refractivity contribution in [2.45, 2.75) is 11.4 Å². The van der Waals surface area contributed by atoms with Crippen LogP contribution in [-0.2, 0) is 6.42 Å². The molecule has 0 saturated heterocycles. The maximum atomic E-state index is 5.61. The number of hydrogen-bond acceptors (Lipinski definition) is 4. The molecule has 0 aliphatic carbocycles. The molecular weight excluding hydrogens is 146 g/mol. The quantitative estimate of drug-likeness (QED) is 0.558. The second-order valence-corrected chi connectivity index (χ2v) is 3.22. The summed E-state index contributed by atoms with van der Waals surface area (Å²) in [5.74, 6) is 1.74. The van der Waals surface area contributed by atoms with Gasteiger partial charge in [-0.1, -0.05) is 0 Å². The number of thioether (sulfide) groups is 1. The number of nitrogens with zero attached hydrogens (tertiary/aromatic N) is 2. The van der Waals surface area contributed by atoms with Crippen LogP contribution in [-0.4, -0.2) is 15.7 Å². The fourth-order valence-corrected chi connectivity index (χ4v) is 2.02. The molecule has 0 bridgehead atoms. The predicted octanol–water partition coefficient (Wildman–Crippen LogP) is 0.707. The van der Waals surface area contributed by atoms with E-state index in [0.29, 0.717) is 5.82 Å². The van der Waals surface area contributed by atoms with Crippen LogP contribution in [0, 0.1) is 0 Å². The molecule has 2 heterocycles. The lowest BCUT2D eigenvalue weighted by Gasteiger charge is -1.97. The molecule has 2 N–H and O–H groups in total. The van der Waals surface area contributed by atoms with Gasteiger partial charge in [0.25, 0.3) is 0 Å². The molecule has 1 aromatic heterocycles. The number of fused-ring (bicyclic) bond motifs is 1. The number of rotatable bonds is 0. The third kappa shape index (κ3) is 0.759. The molecule has 0 radical (unpaired) electrons. The highest BCUT2D eigenvalue weighted by molar-refractivity contribution is 7.99. The van der Waals surface area contributed by atoms with E-state index in [-0.39, 0.29) is 0 Å². The van der Waals surface area contributed by atoms with Gasteiger partial charge in [-0.2, -0.15) is 0 Å². The normalized spacial score (nSPS) is 15.2. The van der Waals surface area contributed by atoms with E-state index in [1.165, 1.54) is 6.33 Å². The summed E-state index contributed by atoms with van der Waals surface area (Å²) in [6, 6.07) is 0. The first-order chi connectivity index (χ1) is 4.88. The summed E-state index contributed by atoms with van der Waals surface area (Å²) < 4.78 is 0. The van der Waals surface area contributed by atoms with E-state index in [0.717, 1.165) is 22.8 Å². The molecule has 4 heteroatoms. The van der Waals surface area contributed by atoms with Crippen LogP contribution in [0.25, 0.3) is 0 Å². The summed E-state index contributed by atoms with van der Waals surface area (Å²) >= 11 is 1.75. The standard InChI is InChI=1S/C6H7N3S/c7-5-4-1-2-10-6(4)9-3-8-5/h3H,1-2H2,(H2,7,8,9). The molecule has 2 rings (SSSR count). The molecule has 0 fully saturated rings. The first kappa shape index (κ1) is 5.97. The zero-order valence-electron chi connectivity index (χ0n) is 5.37. The van der Waals surface area contributed by atoms with Gasteiger partial charge in [-0.15, -0.1) is 11.8 Å². The summed E-state index contributed by atoms with van der Waals surface area (Å²) in [5, 5.41) is 1.06. The van der Waals surface area contributed by atoms with Gasteiger partial charge in [-0.25, -0.2) is 9.97 Å². The average Bonchev–Trinajstić information content (AvgIpc) is 2.36. The van der Waals surface area contributed by atoms with Gasteiger partial charge in [0.2, 0.25) is 0 Å². The van der Waals surface area contributed by atoms with E-state index in [4.69, 9.17) is 5.73 Å². The Hall–Kier alpha value is -0.770. The molecule has 1 aliphatic rings. The number of nitrogens with two attached hydrogens (primary N) is 1. The van der Waals surface area contributed by atoms with Gasteiger partial charge in [0, 0.05) is 11.3 Å². The van der Waals surface area contributed by atoms with Gasteiger partial charge in [0.1, 0.15) is 17.2 Å². The zero-order chi connectivity index (χ0) is 6.97. The van der Waals surface area contributed by atoms with E-state index >= 15 is 0 Å². The van der Waals surface area contributed by atoms with Crippen molar-refractivity contribution in [3.05, 3.63) is 11.9 Å². The van der Waals surface area contributed by atoms with Gasteiger partial charge in [-0.05, 0) is 6.42 Å². The molecule has 1 aromatic rings.